The number of aliphatic carboxylic acids is 1. The minimum atomic E-state index is -2.20. The normalized spacial score (nSPS) is 12.7. The van der Waals surface area contributed by atoms with Crippen LogP contribution in [0.15, 0.2) is 40.9 Å². The van der Waals surface area contributed by atoms with Crippen LogP contribution in [0.1, 0.15) is 18.9 Å². The number of halogens is 4. The molecular formula is C18H13F4NO4. The van der Waals surface area contributed by atoms with Crippen LogP contribution in [0, 0.1) is 23.3 Å². The van der Waals surface area contributed by atoms with Crippen molar-refractivity contribution in [1.82, 2.24) is 0 Å². The number of hydrogen-bond acceptors (Lipinski definition) is 4. The Balaban J connectivity index is 2.75. The van der Waals surface area contributed by atoms with Crippen molar-refractivity contribution in [1.29, 1.82) is 0 Å². The van der Waals surface area contributed by atoms with E-state index in [-0.39, 0.29) is 29.6 Å². The van der Waals surface area contributed by atoms with Crippen LogP contribution in [0.5, 0.6) is 5.75 Å². The molecule has 0 saturated carbocycles. The lowest BCUT2D eigenvalue weighted by molar-refractivity contribution is -0.132. The summed E-state index contributed by atoms with van der Waals surface area (Å²) in [5, 5.41) is 29.3. The fraction of sp³-hybridized carbons (Fsp3) is 0.111. The van der Waals surface area contributed by atoms with Gasteiger partial charge >= 0.3 is 5.97 Å². The number of aliphatic imine (C=N–C) groups is 1. The molecule has 0 radical (unpaired) electrons. The number of rotatable bonds is 5. The van der Waals surface area contributed by atoms with E-state index in [9.17, 15) is 37.7 Å². The molecule has 0 bridgehead atoms. The second-order valence-corrected chi connectivity index (χ2v) is 5.28. The van der Waals surface area contributed by atoms with E-state index in [1.807, 2.05) is 0 Å². The molecular weight excluding hydrogens is 370 g/mol. The number of phenols is 1. The van der Waals surface area contributed by atoms with E-state index in [0.717, 1.165) is 0 Å². The molecule has 0 fully saturated rings. The van der Waals surface area contributed by atoms with Crippen molar-refractivity contribution >= 4 is 23.1 Å². The molecule has 0 aliphatic carbocycles. The van der Waals surface area contributed by atoms with Crippen LogP contribution in [0.2, 0.25) is 0 Å². The van der Waals surface area contributed by atoms with Gasteiger partial charge in [0.15, 0.2) is 23.3 Å². The lowest BCUT2D eigenvalue weighted by atomic mass is 10.0. The Morgan fingerprint density at radius 1 is 1.04 bits per heavy atom. The van der Waals surface area contributed by atoms with Crippen LogP contribution in [0.25, 0.3) is 5.76 Å². The zero-order valence-corrected chi connectivity index (χ0v) is 13.8. The van der Waals surface area contributed by atoms with Crippen molar-refractivity contribution in [3.63, 3.8) is 0 Å². The summed E-state index contributed by atoms with van der Waals surface area (Å²) in [6.45, 7) is 1.46. The number of aliphatic hydroxyl groups is 1. The summed E-state index contributed by atoms with van der Waals surface area (Å²) in [6.07, 6.45) is -0.103. The molecule has 142 valence electrons. The van der Waals surface area contributed by atoms with E-state index in [1.165, 1.54) is 31.2 Å². The highest BCUT2D eigenvalue weighted by molar-refractivity contribution is 6.24. The molecule has 2 aromatic carbocycles. The van der Waals surface area contributed by atoms with Gasteiger partial charge in [0.25, 0.3) is 0 Å². The summed E-state index contributed by atoms with van der Waals surface area (Å²) in [4.78, 5) is 15.5. The number of carbonyl (C=O) groups is 1. The minimum Gasteiger partial charge on any atom is -0.506 e. The number of para-hydroxylation sites is 2. The highest BCUT2D eigenvalue weighted by atomic mass is 19.2. The van der Waals surface area contributed by atoms with Gasteiger partial charge in [-0.05, 0) is 24.6 Å². The monoisotopic (exact) mass is 383 g/mol. The van der Waals surface area contributed by atoms with Gasteiger partial charge in [-0.1, -0.05) is 19.1 Å². The molecule has 0 atom stereocenters. The summed E-state index contributed by atoms with van der Waals surface area (Å²) >= 11 is 0. The Labute approximate surface area is 150 Å². The minimum absolute atomic E-state index is 0.0437. The van der Waals surface area contributed by atoms with E-state index in [2.05, 4.69) is 4.99 Å². The molecule has 9 heteroatoms. The molecule has 5 nitrogen and oxygen atoms in total. The van der Waals surface area contributed by atoms with Crippen LogP contribution >= 0.6 is 0 Å². The van der Waals surface area contributed by atoms with Gasteiger partial charge in [0, 0.05) is 0 Å². The summed E-state index contributed by atoms with van der Waals surface area (Å²) in [5.74, 6) is -11.5. The molecule has 0 saturated heterocycles. The molecule has 0 unspecified atom stereocenters. The molecule has 0 aliphatic heterocycles. The topological polar surface area (TPSA) is 90.1 Å². The maximum absolute atomic E-state index is 13.9. The lowest BCUT2D eigenvalue weighted by Crippen LogP contribution is -2.15. The molecule has 27 heavy (non-hydrogen) atoms. The number of nitrogens with zero attached hydrogens (tertiary/aromatic N) is 1. The standard InChI is InChI=1S/C18H13F4NO4/c1-2-10(23-11-5-3-4-6-12(11)24)13(18(26)27)17(25)8-7-9(19)15(21)16(22)14(8)20/h3-7,24-25H,2H2,1H3,(H,26,27). The summed E-state index contributed by atoms with van der Waals surface area (Å²) in [6, 6.07) is 5.75. The van der Waals surface area contributed by atoms with Crippen LogP contribution in [-0.4, -0.2) is 27.0 Å². The molecule has 0 aliphatic rings. The van der Waals surface area contributed by atoms with Gasteiger partial charge in [-0.25, -0.2) is 27.3 Å². The van der Waals surface area contributed by atoms with Gasteiger partial charge in [0.2, 0.25) is 0 Å². The van der Waals surface area contributed by atoms with Gasteiger partial charge in [0.1, 0.15) is 22.8 Å². The number of benzene rings is 2. The third kappa shape index (κ3) is 3.91. The van der Waals surface area contributed by atoms with Gasteiger partial charge < -0.3 is 15.3 Å². The first-order valence-corrected chi connectivity index (χ1v) is 7.54. The largest absolute Gasteiger partial charge is 0.506 e. The van der Waals surface area contributed by atoms with Crippen LogP contribution < -0.4 is 0 Å². The van der Waals surface area contributed by atoms with E-state index < -0.39 is 46.1 Å². The maximum atomic E-state index is 13.9. The second-order valence-electron chi connectivity index (χ2n) is 5.28. The molecule has 2 rings (SSSR count). The smallest absolute Gasteiger partial charge is 0.341 e. The van der Waals surface area contributed by atoms with Crippen LogP contribution in [0.3, 0.4) is 0 Å². The zero-order chi connectivity index (χ0) is 20.3. The van der Waals surface area contributed by atoms with Crippen molar-refractivity contribution in [2.24, 2.45) is 4.99 Å². The average molecular weight is 383 g/mol. The van der Waals surface area contributed by atoms with Gasteiger partial charge in [-0.3, -0.25) is 0 Å². The van der Waals surface area contributed by atoms with Gasteiger partial charge in [-0.2, -0.15) is 0 Å². The summed E-state index contributed by atoms with van der Waals surface area (Å²) in [7, 11) is 0. The van der Waals surface area contributed by atoms with Crippen molar-refractivity contribution in [2.45, 2.75) is 13.3 Å². The van der Waals surface area contributed by atoms with Crippen LogP contribution in [0.4, 0.5) is 23.2 Å². The van der Waals surface area contributed by atoms with E-state index in [4.69, 9.17) is 0 Å². The molecule has 0 spiro atoms. The van der Waals surface area contributed by atoms with Crippen molar-refractivity contribution in [2.75, 3.05) is 0 Å². The van der Waals surface area contributed by atoms with E-state index in [0.29, 0.717) is 0 Å². The first-order valence-electron chi connectivity index (χ1n) is 7.54. The average Bonchev–Trinajstić information content (AvgIpc) is 2.63. The first kappa shape index (κ1) is 20.0. The van der Waals surface area contributed by atoms with Crippen LogP contribution in [-0.2, 0) is 4.79 Å². The Kier molecular flexibility index (Phi) is 5.84. The number of hydrogen-bond donors (Lipinski definition) is 3. The molecule has 0 heterocycles. The predicted molar refractivity (Wildman–Crippen MR) is 89.0 cm³/mol. The van der Waals surface area contributed by atoms with Crippen molar-refractivity contribution in [3.05, 3.63) is 64.7 Å². The summed E-state index contributed by atoms with van der Waals surface area (Å²) in [5.41, 5.74) is -2.49. The lowest BCUT2D eigenvalue weighted by Gasteiger charge is -2.11. The summed E-state index contributed by atoms with van der Waals surface area (Å²) < 4.78 is 53.8. The number of carboxylic acid groups (broad SMARTS) is 1. The molecule has 2 aromatic rings. The molecule has 3 N–H and O–H groups in total. The zero-order valence-electron chi connectivity index (χ0n) is 13.8. The highest BCUT2D eigenvalue weighted by Crippen LogP contribution is 2.29. The number of phenolic OH excluding ortho intramolecular Hbond substituents is 1. The highest BCUT2D eigenvalue weighted by Gasteiger charge is 2.27. The van der Waals surface area contributed by atoms with Crippen molar-refractivity contribution < 1.29 is 37.7 Å². The quantitative estimate of drug-likeness (QED) is 0.177. The Morgan fingerprint density at radius 3 is 2.22 bits per heavy atom. The second kappa shape index (κ2) is 7.90. The Bertz CT molecular complexity index is 970. The third-order valence-corrected chi connectivity index (χ3v) is 3.57. The fourth-order valence-corrected chi connectivity index (χ4v) is 2.26. The Morgan fingerprint density at radius 2 is 1.67 bits per heavy atom. The molecule has 0 amide bonds. The van der Waals surface area contributed by atoms with Gasteiger partial charge in [0.05, 0.1) is 11.3 Å². The third-order valence-electron chi connectivity index (χ3n) is 3.57. The maximum Gasteiger partial charge on any atom is 0.341 e. The predicted octanol–water partition coefficient (Wildman–Crippen LogP) is 4.49. The first-order chi connectivity index (χ1) is 12.7. The van der Waals surface area contributed by atoms with E-state index in [1.54, 1.807) is 0 Å². The van der Waals surface area contributed by atoms with Gasteiger partial charge in [-0.15, -0.1) is 0 Å². The Hall–Kier alpha value is -3.36. The van der Waals surface area contributed by atoms with E-state index >= 15 is 0 Å². The fourth-order valence-electron chi connectivity index (χ4n) is 2.26. The van der Waals surface area contributed by atoms with Crippen molar-refractivity contribution in [3.8, 4) is 5.75 Å². The number of carboxylic acids is 1. The number of aliphatic hydroxyl groups excluding tert-OH is 1. The molecule has 0 aromatic heterocycles. The number of aromatic hydroxyl groups is 1. The SMILES string of the molecule is CCC(=Nc1ccccc1O)C(C(=O)O)=C(O)c1cc(F)c(F)c(F)c1F.